The van der Waals surface area contributed by atoms with Gasteiger partial charge in [0.2, 0.25) is 0 Å². The van der Waals surface area contributed by atoms with Crippen molar-refractivity contribution in [2.45, 2.75) is 13.1 Å². The Labute approximate surface area is 199 Å². The molecule has 0 N–H and O–H groups in total. The summed E-state index contributed by atoms with van der Waals surface area (Å²) in [6, 6.07) is 21.5. The minimum absolute atomic E-state index is 0.209. The van der Waals surface area contributed by atoms with Gasteiger partial charge >= 0.3 is 0 Å². The summed E-state index contributed by atoms with van der Waals surface area (Å²) in [5.41, 5.74) is 3.56. The van der Waals surface area contributed by atoms with Gasteiger partial charge in [0.05, 0.1) is 11.4 Å². The van der Waals surface area contributed by atoms with E-state index in [1.54, 1.807) is 36.4 Å². The highest BCUT2D eigenvalue weighted by Gasteiger charge is 2.34. The van der Waals surface area contributed by atoms with Gasteiger partial charge in [-0.3, -0.25) is 14.5 Å². The first kappa shape index (κ1) is 21.5. The van der Waals surface area contributed by atoms with E-state index in [1.807, 2.05) is 41.1 Å². The van der Waals surface area contributed by atoms with Crippen LogP contribution in [0.4, 0.5) is 9.18 Å². The van der Waals surface area contributed by atoms with Crippen molar-refractivity contribution in [1.29, 1.82) is 0 Å². The van der Waals surface area contributed by atoms with Gasteiger partial charge in [-0.25, -0.2) is 4.39 Å². The molecule has 0 aliphatic carbocycles. The quantitative estimate of drug-likeness (QED) is 0.300. The number of rotatable bonds is 5. The highest BCUT2D eigenvalue weighted by atomic mass is 35.5. The Morgan fingerprint density at radius 2 is 1.73 bits per heavy atom. The number of imide groups is 1. The van der Waals surface area contributed by atoms with Crippen molar-refractivity contribution < 1.29 is 14.0 Å². The number of carbonyl (C=O) groups excluding carboxylic acids is 2. The molecule has 0 bridgehead atoms. The van der Waals surface area contributed by atoms with Crippen LogP contribution in [0.15, 0.2) is 83.9 Å². The molecule has 1 aromatic heterocycles. The van der Waals surface area contributed by atoms with Crippen LogP contribution >= 0.6 is 23.4 Å². The van der Waals surface area contributed by atoms with Crippen LogP contribution in [0.2, 0.25) is 5.02 Å². The number of thioether (sulfide) groups is 1. The van der Waals surface area contributed by atoms with Gasteiger partial charge in [0, 0.05) is 28.7 Å². The van der Waals surface area contributed by atoms with Crippen molar-refractivity contribution in [1.82, 2.24) is 9.47 Å². The van der Waals surface area contributed by atoms with Crippen molar-refractivity contribution in [3.8, 4) is 0 Å². The number of benzene rings is 3. The minimum atomic E-state index is -0.302. The Balaban J connectivity index is 1.36. The maximum atomic E-state index is 13.5. The lowest BCUT2D eigenvalue weighted by atomic mass is 10.1. The predicted octanol–water partition coefficient (Wildman–Crippen LogP) is 6.72. The van der Waals surface area contributed by atoms with Crippen molar-refractivity contribution in [3.63, 3.8) is 0 Å². The molecular formula is C26H18ClFN2O2S. The number of aromatic nitrogens is 1. The summed E-state index contributed by atoms with van der Waals surface area (Å²) >= 11 is 6.86. The summed E-state index contributed by atoms with van der Waals surface area (Å²) in [5, 5.41) is 1.32. The molecular weight excluding hydrogens is 459 g/mol. The maximum Gasteiger partial charge on any atom is 0.293 e. The molecule has 5 rings (SSSR count). The molecule has 33 heavy (non-hydrogen) atoms. The van der Waals surface area contributed by atoms with Gasteiger partial charge in [0.25, 0.3) is 11.1 Å². The van der Waals surface area contributed by atoms with Crippen LogP contribution in [0.5, 0.6) is 0 Å². The Morgan fingerprint density at radius 1 is 0.909 bits per heavy atom. The first-order chi connectivity index (χ1) is 16.0. The zero-order chi connectivity index (χ0) is 22.9. The fraction of sp³-hybridized carbons (Fsp3) is 0.0769. The average Bonchev–Trinajstić information content (AvgIpc) is 3.30. The fourth-order valence-corrected chi connectivity index (χ4v) is 4.80. The van der Waals surface area contributed by atoms with E-state index in [9.17, 15) is 14.0 Å². The molecule has 2 amide bonds. The zero-order valence-electron chi connectivity index (χ0n) is 17.4. The van der Waals surface area contributed by atoms with Crippen LogP contribution in [0, 0.1) is 5.82 Å². The standard InChI is InChI=1S/C26H18ClFN2O2S/c27-21-7-4-17(5-8-21)16-30-25(31)24(33-26(30)32)14-18-6-9-23-20(12-18)10-11-29(23)15-19-2-1-3-22(28)13-19/h1-14H,15-16H2/b24-14+. The van der Waals surface area contributed by atoms with Gasteiger partial charge < -0.3 is 4.57 Å². The van der Waals surface area contributed by atoms with E-state index in [-0.39, 0.29) is 23.5 Å². The Bertz CT molecular complexity index is 1410. The summed E-state index contributed by atoms with van der Waals surface area (Å²) in [6.45, 7) is 0.769. The molecule has 1 aliphatic rings. The van der Waals surface area contributed by atoms with E-state index in [0.29, 0.717) is 16.5 Å². The predicted molar refractivity (Wildman–Crippen MR) is 130 cm³/mol. The molecule has 7 heteroatoms. The van der Waals surface area contributed by atoms with Crippen LogP contribution in [-0.4, -0.2) is 20.6 Å². The lowest BCUT2D eigenvalue weighted by Crippen LogP contribution is -2.27. The molecule has 1 saturated heterocycles. The molecule has 0 spiro atoms. The van der Waals surface area contributed by atoms with Crippen molar-refractivity contribution >= 4 is 51.5 Å². The summed E-state index contributed by atoms with van der Waals surface area (Å²) in [4.78, 5) is 26.9. The third kappa shape index (κ3) is 4.58. The second-order valence-electron chi connectivity index (χ2n) is 7.79. The number of halogens is 2. The third-order valence-electron chi connectivity index (χ3n) is 5.46. The first-order valence-electron chi connectivity index (χ1n) is 10.3. The number of hydrogen-bond donors (Lipinski definition) is 0. The molecule has 1 fully saturated rings. The molecule has 0 atom stereocenters. The molecule has 0 unspecified atom stereocenters. The van der Waals surface area contributed by atoms with Crippen molar-refractivity contribution in [3.05, 3.63) is 111 Å². The van der Waals surface area contributed by atoms with Crippen LogP contribution in [0.25, 0.3) is 17.0 Å². The van der Waals surface area contributed by atoms with Gasteiger partial charge in [-0.05, 0) is 77.0 Å². The lowest BCUT2D eigenvalue weighted by Gasteiger charge is -2.12. The van der Waals surface area contributed by atoms with Crippen LogP contribution in [0.3, 0.4) is 0 Å². The van der Waals surface area contributed by atoms with E-state index < -0.39 is 0 Å². The monoisotopic (exact) mass is 476 g/mol. The molecule has 3 aromatic carbocycles. The largest absolute Gasteiger partial charge is 0.343 e. The first-order valence-corrected chi connectivity index (χ1v) is 11.5. The lowest BCUT2D eigenvalue weighted by molar-refractivity contribution is -0.123. The molecule has 164 valence electrons. The zero-order valence-corrected chi connectivity index (χ0v) is 18.9. The molecule has 1 aliphatic heterocycles. The molecule has 4 aromatic rings. The van der Waals surface area contributed by atoms with Crippen LogP contribution in [-0.2, 0) is 17.9 Å². The van der Waals surface area contributed by atoms with Crippen molar-refractivity contribution in [2.75, 3.05) is 0 Å². The topological polar surface area (TPSA) is 42.3 Å². The van der Waals surface area contributed by atoms with E-state index in [1.165, 1.54) is 17.0 Å². The van der Waals surface area contributed by atoms with E-state index in [4.69, 9.17) is 11.6 Å². The average molecular weight is 477 g/mol. The highest BCUT2D eigenvalue weighted by molar-refractivity contribution is 8.18. The second-order valence-corrected chi connectivity index (χ2v) is 9.22. The molecule has 0 radical (unpaired) electrons. The third-order valence-corrected chi connectivity index (χ3v) is 6.62. The smallest absolute Gasteiger partial charge is 0.293 e. The minimum Gasteiger partial charge on any atom is -0.343 e. The van der Waals surface area contributed by atoms with Crippen LogP contribution in [0.1, 0.15) is 16.7 Å². The summed E-state index contributed by atoms with van der Waals surface area (Å²) in [5.74, 6) is -0.556. The number of hydrogen-bond acceptors (Lipinski definition) is 3. The Kier molecular flexibility index (Phi) is 5.79. The van der Waals surface area contributed by atoms with Gasteiger partial charge in [0.1, 0.15) is 5.82 Å². The number of nitrogens with zero attached hydrogens (tertiary/aromatic N) is 2. The van der Waals surface area contributed by atoms with Crippen molar-refractivity contribution in [2.24, 2.45) is 0 Å². The van der Waals surface area contributed by atoms with Gasteiger partial charge in [-0.2, -0.15) is 0 Å². The number of amides is 2. The van der Waals surface area contributed by atoms with Gasteiger partial charge in [0.15, 0.2) is 0 Å². The summed E-state index contributed by atoms with van der Waals surface area (Å²) in [6.07, 6.45) is 3.70. The van der Waals surface area contributed by atoms with Gasteiger partial charge in [-0.15, -0.1) is 0 Å². The van der Waals surface area contributed by atoms with E-state index in [2.05, 4.69) is 0 Å². The molecule has 2 heterocycles. The second kappa shape index (κ2) is 8.89. The summed E-state index contributed by atoms with van der Waals surface area (Å²) < 4.78 is 15.6. The fourth-order valence-electron chi connectivity index (χ4n) is 3.84. The van der Waals surface area contributed by atoms with E-state index >= 15 is 0 Å². The highest BCUT2D eigenvalue weighted by Crippen LogP contribution is 2.34. The van der Waals surface area contributed by atoms with Crippen LogP contribution < -0.4 is 0 Å². The Morgan fingerprint density at radius 3 is 2.52 bits per heavy atom. The summed E-state index contributed by atoms with van der Waals surface area (Å²) in [7, 11) is 0. The maximum absolute atomic E-state index is 13.5. The van der Waals surface area contributed by atoms with Gasteiger partial charge in [-0.1, -0.05) is 41.9 Å². The number of carbonyl (C=O) groups is 2. The molecule has 4 nitrogen and oxygen atoms in total. The van der Waals surface area contributed by atoms with E-state index in [0.717, 1.165) is 39.4 Å². The molecule has 0 saturated carbocycles. The number of fused-ring (bicyclic) bond motifs is 1. The Hall–Kier alpha value is -3.35. The SMILES string of the molecule is O=C1S/C(=C/c2ccc3c(ccn3Cc3cccc(F)c3)c2)C(=O)N1Cc1ccc(Cl)cc1. The normalized spacial score (nSPS) is 15.2.